The van der Waals surface area contributed by atoms with Crippen LogP contribution in [0.1, 0.15) is 45.4 Å². The molecule has 0 saturated heterocycles. The Bertz CT molecular complexity index is 188. The van der Waals surface area contributed by atoms with Crippen molar-refractivity contribution in [2.75, 3.05) is 26.7 Å². The first-order valence-corrected chi connectivity index (χ1v) is 6.62. The molecule has 1 fully saturated rings. The van der Waals surface area contributed by atoms with Crippen molar-refractivity contribution in [2.45, 2.75) is 51.0 Å². The third kappa shape index (κ3) is 5.28. The highest BCUT2D eigenvalue weighted by atomic mass is 16.3. The first-order chi connectivity index (χ1) is 7.53. The maximum atomic E-state index is 9.08. The maximum absolute atomic E-state index is 9.08. The van der Waals surface area contributed by atoms with Gasteiger partial charge in [0.25, 0.3) is 0 Å². The van der Waals surface area contributed by atoms with Crippen molar-refractivity contribution in [3.05, 3.63) is 0 Å². The van der Waals surface area contributed by atoms with E-state index in [0.29, 0.717) is 0 Å². The van der Waals surface area contributed by atoms with Gasteiger partial charge >= 0.3 is 0 Å². The minimum Gasteiger partial charge on any atom is -0.394 e. The van der Waals surface area contributed by atoms with E-state index in [4.69, 9.17) is 10.8 Å². The predicted octanol–water partition coefficient (Wildman–Crippen LogP) is 1.60. The topological polar surface area (TPSA) is 49.5 Å². The second-order valence-electron chi connectivity index (χ2n) is 5.83. The number of nitrogens with zero attached hydrogens (tertiary/aromatic N) is 1. The number of hydrogen-bond donors (Lipinski definition) is 2. The lowest BCUT2D eigenvalue weighted by Crippen LogP contribution is -2.43. The van der Waals surface area contributed by atoms with E-state index in [-0.39, 0.29) is 6.61 Å². The minimum atomic E-state index is -0.416. The lowest BCUT2D eigenvalue weighted by atomic mass is 9.89. The maximum Gasteiger partial charge on any atom is 0.0608 e. The van der Waals surface area contributed by atoms with E-state index in [1.54, 1.807) is 0 Å². The molecule has 1 aliphatic rings. The summed E-state index contributed by atoms with van der Waals surface area (Å²) < 4.78 is 0. The van der Waals surface area contributed by atoms with Crippen molar-refractivity contribution >= 4 is 0 Å². The molecule has 3 heteroatoms. The van der Waals surface area contributed by atoms with Crippen molar-refractivity contribution in [3.63, 3.8) is 0 Å². The molecule has 96 valence electrons. The van der Waals surface area contributed by atoms with Crippen molar-refractivity contribution in [3.8, 4) is 0 Å². The fourth-order valence-corrected chi connectivity index (χ4v) is 2.43. The zero-order valence-electron chi connectivity index (χ0n) is 10.9. The van der Waals surface area contributed by atoms with Crippen LogP contribution in [-0.4, -0.2) is 42.3 Å². The van der Waals surface area contributed by atoms with Gasteiger partial charge in [-0.15, -0.1) is 0 Å². The van der Waals surface area contributed by atoms with Crippen LogP contribution < -0.4 is 5.73 Å². The van der Waals surface area contributed by atoms with Crippen LogP contribution in [0, 0.1) is 5.92 Å². The van der Waals surface area contributed by atoms with Crippen LogP contribution in [0.4, 0.5) is 0 Å². The zero-order chi connectivity index (χ0) is 12.0. The van der Waals surface area contributed by atoms with Crippen LogP contribution in [0.3, 0.4) is 0 Å². The highest BCUT2D eigenvalue weighted by Crippen LogP contribution is 2.24. The molecule has 1 saturated carbocycles. The monoisotopic (exact) mass is 228 g/mol. The van der Waals surface area contributed by atoms with Gasteiger partial charge in [0.1, 0.15) is 0 Å². The molecule has 0 spiro atoms. The number of nitrogens with two attached hydrogens (primary N) is 1. The van der Waals surface area contributed by atoms with Gasteiger partial charge in [-0.2, -0.15) is 0 Å². The van der Waals surface area contributed by atoms with E-state index >= 15 is 0 Å². The van der Waals surface area contributed by atoms with Crippen molar-refractivity contribution in [2.24, 2.45) is 11.7 Å². The van der Waals surface area contributed by atoms with Gasteiger partial charge in [0.05, 0.1) is 6.61 Å². The summed E-state index contributed by atoms with van der Waals surface area (Å²) in [6, 6.07) is 0. The molecule has 3 nitrogen and oxygen atoms in total. The molecule has 0 amide bonds. The van der Waals surface area contributed by atoms with Crippen LogP contribution >= 0.6 is 0 Å². The van der Waals surface area contributed by atoms with Gasteiger partial charge in [-0.1, -0.05) is 19.3 Å². The molecule has 0 aliphatic heterocycles. The van der Waals surface area contributed by atoms with Crippen LogP contribution in [0.25, 0.3) is 0 Å². The molecule has 0 aromatic heterocycles. The summed E-state index contributed by atoms with van der Waals surface area (Å²) in [5.74, 6) is 0.886. The summed E-state index contributed by atoms with van der Waals surface area (Å²) in [5, 5.41) is 9.08. The zero-order valence-corrected chi connectivity index (χ0v) is 10.9. The molecule has 0 aromatic rings. The Morgan fingerprint density at radius 3 is 2.50 bits per heavy atom. The molecular formula is C13H28N2O. The highest BCUT2D eigenvalue weighted by Gasteiger charge is 2.19. The summed E-state index contributed by atoms with van der Waals surface area (Å²) in [6.45, 7) is 4.18. The van der Waals surface area contributed by atoms with Gasteiger partial charge in [0.15, 0.2) is 0 Å². The molecule has 1 aliphatic carbocycles. The van der Waals surface area contributed by atoms with Gasteiger partial charge in [0.2, 0.25) is 0 Å². The Morgan fingerprint density at radius 2 is 1.94 bits per heavy atom. The second-order valence-corrected chi connectivity index (χ2v) is 5.83. The summed E-state index contributed by atoms with van der Waals surface area (Å²) in [5.41, 5.74) is 5.50. The fourth-order valence-electron chi connectivity index (χ4n) is 2.43. The quantitative estimate of drug-likeness (QED) is 0.726. The molecule has 0 aromatic carbocycles. The van der Waals surface area contributed by atoms with Crippen LogP contribution in [0.2, 0.25) is 0 Å². The Labute approximate surface area is 100 Å². The molecule has 16 heavy (non-hydrogen) atoms. The van der Waals surface area contributed by atoms with Crippen LogP contribution in [-0.2, 0) is 0 Å². The highest BCUT2D eigenvalue weighted by molar-refractivity contribution is 4.79. The normalized spacial score (nSPS) is 22.3. The van der Waals surface area contributed by atoms with E-state index in [1.165, 1.54) is 38.6 Å². The molecule has 0 heterocycles. The summed E-state index contributed by atoms with van der Waals surface area (Å²) in [4.78, 5) is 2.37. The smallest absolute Gasteiger partial charge is 0.0608 e. The van der Waals surface area contributed by atoms with Crippen LogP contribution in [0.15, 0.2) is 0 Å². The molecule has 1 rings (SSSR count). The van der Waals surface area contributed by atoms with Crippen molar-refractivity contribution < 1.29 is 5.11 Å². The van der Waals surface area contributed by atoms with E-state index in [9.17, 15) is 0 Å². The molecule has 1 atom stereocenters. The van der Waals surface area contributed by atoms with Crippen molar-refractivity contribution in [1.29, 1.82) is 0 Å². The second kappa shape index (κ2) is 6.58. The number of aliphatic hydroxyl groups is 1. The molecule has 1 unspecified atom stereocenters. The largest absolute Gasteiger partial charge is 0.394 e. The predicted molar refractivity (Wildman–Crippen MR) is 68.4 cm³/mol. The molecule has 3 N–H and O–H groups in total. The number of rotatable bonds is 6. The third-order valence-electron chi connectivity index (χ3n) is 3.72. The minimum absolute atomic E-state index is 0.0737. The first kappa shape index (κ1) is 13.9. The first-order valence-electron chi connectivity index (χ1n) is 6.62. The lowest BCUT2D eigenvalue weighted by molar-refractivity contribution is 0.171. The number of aliphatic hydroxyl groups excluding tert-OH is 1. The average molecular weight is 228 g/mol. The van der Waals surface area contributed by atoms with Gasteiger partial charge in [-0.05, 0) is 45.7 Å². The van der Waals surface area contributed by atoms with Gasteiger partial charge in [-0.25, -0.2) is 0 Å². The lowest BCUT2D eigenvalue weighted by Gasteiger charge is -2.29. The van der Waals surface area contributed by atoms with Crippen LogP contribution in [0.5, 0.6) is 0 Å². The van der Waals surface area contributed by atoms with E-state index in [1.807, 2.05) is 6.92 Å². The fraction of sp³-hybridized carbons (Fsp3) is 1.00. The van der Waals surface area contributed by atoms with Gasteiger partial charge in [0, 0.05) is 12.1 Å². The number of hydrogen-bond acceptors (Lipinski definition) is 3. The Kier molecular flexibility index (Phi) is 5.73. The summed E-state index contributed by atoms with van der Waals surface area (Å²) in [6.07, 6.45) is 7.89. The molecule has 0 radical (unpaired) electrons. The Hall–Kier alpha value is -0.120. The van der Waals surface area contributed by atoms with Crippen molar-refractivity contribution in [1.82, 2.24) is 4.90 Å². The van der Waals surface area contributed by atoms with Gasteiger partial charge in [-0.3, -0.25) is 0 Å². The third-order valence-corrected chi connectivity index (χ3v) is 3.72. The SMILES string of the molecule is CN(CCC(C)(N)CO)CC1CCCCC1. The Balaban J connectivity index is 2.17. The Morgan fingerprint density at radius 1 is 1.31 bits per heavy atom. The van der Waals surface area contributed by atoms with E-state index < -0.39 is 5.54 Å². The van der Waals surface area contributed by atoms with E-state index in [2.05, 4.69) is 11.9 Å². The van der Waals surface area contributed by atoms with Gasteiger partial charge < -0.3 is 15.7 Å². The van der Waals surface area contributed by atoms with E-state index in [0.717, 1.165) is 18.9 Å². The summed E-state index contributed by atoms with van der Waals surface area (Å²) in [7, 11) is 2.17. The molecule has 0 bridgehead atoms. The average Bonchev–Trinajstić information content (AvgIpc) is 2.28. The summed E-state index contributed by atoms with van der Waals surface area (Å²) >= 11 is 0. The molecular weight excluding hydrogens is 200 g/mol. The standard InChI is InChI=1S/C13H28N2O/c1-13(14,11-16)8-9-15(2)10-12-6-4-3-5-7-12/h12,16H,3-11,14H2,1-2H3.